The molecule has 1 heterocycles. The van der Waals surface area contributed by atoms with E-state index in [-0.39, 0.29) is 23.0 Å². The van der Waals surface area contributed by atoms with Gasteiger partial charge in [0.05, 0.1) is 17.5 Å². The third-order valence-corrected chi connectivity index (χ3v) is 5.78. The number of hydrogen-bond acceptors (Lipinski definition) is 4. The minimum Gasteiger partial charge on any atom is -0.478 e. The van der Waals surface area contributed by atoms with Gasteiger partial charge in [-0.2, -0.15) is 5.06 Å². The standard InChI is InChI=1S/C20H38N2O2/c1-14(2)16-13-24-18(21-16)20(6,7)17(22(23)19(3,4)5)15-11-9-8-10-12-15/h14-17,23H,8-13H2,1-7H3/t16-,17+/m1/s1. The molecular weight excluding hydrogens is 300 g/mol. The van der Waals surface area contributed by atoms with Gasteiger partial charge in [-0.15, -0.1) is 0 Å². The summed E-state index contributed by atoms with van der Waals surface area (Å²) in [6, 6.07) is 0.274. The van der Waals surface area contributed by atoms with Crippen LogP contribution in [0.5, 0.6) is 0 Å². The molecule has 0 spiro atoms. The summed E-state index contributed by atoms with van der Waals surface area (Å²) in [6.45, 7) is 15.7. The van der Waals surface area contributed by atoms with Gasteiger partial charge in [0.25, 0.3) is 0 Å². The van der Waals surface area contributed by atoms with Crippen molar-refractivity contribution in [1.29, 1.82) is 0 Å². The highest BCUT2D eigenvalue weighted by atomic mass is 16.5. The van der Waals surface area contributed by atoms with E-state index < -0.39 is 0 Å². The molecule has 1 fully saturated rings. The van der Waals surface area contributed by atoms with E-state index in [0.717, 1.165) is 5.90 Å². The van der Waals surface area contributed by atoms with Gasteiger partial charge in [0.1, 0.15) is 6.61 Å². The predicted octanol–water partition coefficient (Wildman–Crippen LogP) is 4.90. The van der Waals surface area contributed by atoms with Gasteiger partial charge >= 0.3 is 0 Å². The fourth-order valence-corrected chi connectivity index (χ4v) is 4.17. The van der Waals surface area contributed by atoms with Crippen molar-refractivity contribution >= 4 is 5.90 Å². The Morgan fingerprint density at radius 1 is 1.08 bits per heavy atom. The highest BCUT2D eigenvalue weighted by Gasteiger charge is 2.48. The highest BCUT2D eigenvalue weighted by Crippen LogP contribution is 2.42. The molecule has 0 saturated heterocycles. The molecule has 4 heteroatoms. The summed E-state index contributed by atoms with van der Waals surface area (Å²) in [5.41, 5.74) is -0.594. The third-order valence-electron chi connectivity index (χ3n) is 5.78. The number of hydroxylamine groups is 2. The van der Waals surface area contributed by atoms with Crippen molar-refractivity contribution in [2.75, 3.05) is 6.61 Å². The fourth-order valence-electron chi connectivity index (χ4n) is 4.17. The van der Waals surface area contributed by atoms with Crippen LogP contribution >= 0.6 is 0 Å². The van der Waals surface area contributed by atoms with Gasteiger partial charge in [0.15, 0.2) is 5.90 Å². The second-order valence-electron chi connectivity index (χ2n) is 9.64. The van der Waals surface area contributed by atoms with Gasteiger partial charge in [-0.25, -0.2) is 4.99 Å². The number of aliphatic imine (C=N–C) groups is 1. The summed E-state index contributed by atoms with van der Waals surface area (Å²) >= 11 is 0. The Hall–Kier alpha value is -0.610. The molecule has 1 N–H and O–H groups in total. The van der Waals surface area contributed by atoms with Crippen molar-refractivity contribution in [2.24, 2.45) is 22.2 Å². The SMILES string of the molecule is CC(C)[C@H]1COC(C(C)(C)[C@H](C2CCCCC2)N(O)C(C)(C)C)=N1. The van der Waals surface area contributed by atoms with E-state index >= 15 is 0 Å². The molecule has 140 valence electrons. The zero-order valence-electron chi connectivity index (χ0n) is 16.8. The highest BCUT2D eigenvalue weighted by molar-refractivity contribution is 5.84. The van der Waals surface area contributed by atoms with Gasteiger partial charge in [-0.1, -0.05) is 33.1 Å². The fraction of sp³-hybridized carbons (Fsp3) is 0.950. The summed E-state index contributed by atoms with van der Waals surface area (Å²) in [7, 11) is 0. The molecule has 4 nitrogen and oxygen atoms in total. The van der Waals surface area contributed by atoms with Crippen molar-refractivity contribution < 1.29 is 9.94 Å². The van der Waals surface area contributed by atoms with Crippen LogP contribution in [0.25, 0.3) is 0 Å². The van der Waals surface area contributed by atoms with Crippen molar-refractivity contribution in [2.45, 2.75) is 98.2 Å². The maximum absolute atomic E-state index is 11.1. The van der Waals surface area contributed by atoms with Crippen molar-refractivity contribution in [3.8, 4) is 0 Å². The minimum absolute atomic E-state index is 0.0301. The lowest BCUT2D eigenvalue weighted by molar-refractivity contribution is -0.219. The summed E-state index contributed by atoms with van der Waals surface area (Å²) < 4.78 is 6.04. The van der Waals surface area contributed by atoms with E-state index in [2.05, 4.69) is 48.5 Å². The molecule has 1 saturated carbocycles. The van der Waals surface area contributed by atoms with Crippen LogP contribution in [0.2, 0.25) is 0 Å². The molecule has 0 aromatic heterocycles. The van der Waals surface area contributed by atoms with E-state index in [1.807, 2.05) is 0 Å². The second kappa shape index (κ2) is 7.33. The van der Waals surface area contributed by atoms with E-state index in [1.54, 1.807) is 5.06 Å². The van der Waals surface area contributed by atoms with Crippen LogP contribution in [-0.2, 0) is 4.74 Å². The topological polar surface area (TPSA) is 45.1 Å². The Morgan fingerprint density at radius 3 is 2.12 bits per heavy atom. The molecule has 2 atom stereocenters. The molecule has 0 bridgehead atoms. The lowest BCUT2D eigenvalue weighted by Gasteiger charge is -2.48. The molecule has 1 aliphatic heterocycles. The van der Waals surface area contributed by atoms with Gasteiger partial charge < -0.3 is 9.94 Å². The van der Waals surface area contributed by atoms with Crippen molar-refractivity contribution in [1.82, 2.24) is 5.06 Å². The van der Waals surface area contributed by atoms with Crippen LogP contribution < -0.4 is 0 Å². The minimum atomic E-state index is -0.298. The molecular formula is C20H38N2O2. The average molecular weight is 339 g/mol. The number of nitrogens with zero attached hydrogens (tertiary/aromatic N) is 2. The number of ether oxygens (including phenoxy) is 1. The van der Waals surface area contributed by atoms with Gasteiger partial charge in [0.2, 0.25) is 0 Å². The summed E-state index contributed by atoms with van der Waals surface area (Å²) in [5, 5.41) is 12.7. The summed E-state index contributed by atoms with van der Waals surface area (Å²) in [5.74, 6) is 1.81. The third kappa shape index (κ3) is 4.13. The number of hydrogen-bond donors (Lipinski definition) is 1. The van der Waals surface area contributed by atoms with Crippen LogP contribution in [0.3, 0.4) is 0 Å². The first-order valence-corrected chi connectivity index (χ1v) is 9.74. The zero-order valence-corrected chi connectivity index (χ0v) is 16.8. The lowest BCUT2D eigenvalue weighted by atomic mass is 9.70. The van der Waals surface area contributed by atoms with Crippen LogP contribution in [-0.4, -0.2) is 40.4 Å². The predicted molar refractivity (Wildman–Crippen MR) is 99.5 cm³/mol. The summed E-state index contributed by atoms with van der Waals surface area (Å²) in [6.07, 6.45) is 6.20. The molecule has 0 aromatic carbocycles. The molecule has 0 aromatic rings. The monoisotopic (exact) mass is 338 g/mol. The van der Waals surface area contributed by atoms with Crippen LogP contribution in [0.4, 0.5) is 0 Å². The molecule has 1 aliphatic carbocycles. The molecule has 2 aliphatic rings. The van der Waals surface area contributed by atoms with E-state index in [0.29, 0.717) is 18.4 Å². The van der Waals surface area contributed by atoms with Crippen LogP contribution in [0.15, 0.2) is 4.99 Å². The van der Waals surface area contributed by atoms with E-state index in [4.69, 9.17) is 9.73 Å². The zero-order chi connectivity index (χ0) is 18.1. The molecule has 2 rings (SSSR count). The normalized spacial score (nSPS) is 25.1. The Labute approximate surface area is 148 Å². The Kier molecular flexibility index (Phi) is 6.02. The largest absolute Gasteiger partial charge is 0.478 e. The van der Waals surface area contributed by atoms with Crippen molar-refractivity contribution in [3.63, 3.8) is 0 Å². The first-order chi connectivity index (χ1) is 11.0. The summed E-state index contributed by atoms with van der Waals surface area (Å²) in [4.78, 5) is 4.90. The van der Waals surface area contributed by atoms with E-state index in [1.165, 1.54) is 32.1 Å². The van der Waals surface area contributed by atoms with E-state index in [9.17, 15) is 5.21 Å². The quantitative estimate of drug-likeness (QED) is 0.725. The van der Waals surface area contributed by atoms with Crippen LogP contribution in [0.1, 0.15) is 80.6 Å². The first kappa shape index (κ1) is 19.7. The Morgan fingerprint density at radius 2 is 1.67 bits per heavy atom. The van der Waals surface area contributed by atoms with Crippen LogP contribution in [0, 0.1) is 17.3 Å². The Balaban J connectivity index is 2.32. The molecule has 24 heavy (non-hydrogen) atoms. The first-order valence-electron chi connectivity index (χ1n) is 9.74. The molecule has 0 radical (unpaired) electrons. The number of rotatable bonds is 5. The van der Waals surface area contributed by atoms with Gasteiger partial charge in [-0.05, 0) is 59.3 Å². The average Bonchev–Trinajstić information content (AvgIpc) is 2.98. The van der Waals surface area contributed by atoms with Crippen molar-refractivity contribution in [3.05, 3.63) is 0 Å². The molecule has 0 unspecified atom stereocenters. The smallest absolute Gasteiger partial charge is 0.191 e. The second-order valence-corrected chi connectivity index (χ2v) is 9.64. The Bertz CT molecular complexity index is 445. The van der Waals surface area contributed by atoms with Gasteiger partial charge in [0, 0.05) is 5.54 Å². The maximum atomic E-state index is 11.1. The molecule has 0 amide bonds. The lowest BCUT2D eigenvalue weighted by Crippen LogP contribution is -2.58. The maximum Gasteiger partial charge on any atom is 0.191 e. The van der Waals surface area contributed by atoms with Gasteiger partial charge in [-0.3, -0.25) is 0 Å².